The van der Waals surface area contributed by atoms with Crippen molar-refractivity contribution in [1.29, 1.82) is 0 Å². The van der Waals surface area contributed by atoms with Crippen LogP contribution in [-0.4, -0.2) is 72.6 Å². The number of aliphatic imine (C=N–C) groups is 1. The highest BCUT2D eigenvalue weighted by molar-refractivity contribution is 6.09. The Bertz CT molecular complexity index is 794. The average molecular weight is 353 g/mol. The summed E-state index contributed by atoms with van der Waals surface area (Å²) in [5.74, 6) is 1.71. The largest absolute Gasteiger partial charge is 0.395 e. The number of β-amino-alcohol motifs (C(OH)–C–C–N with tert-alkyl or cyclic N) is 1. The van der Waals surface area contributed by atoms with Gasteiger partial charge in [-0.15, -0.1) is 0 Å². The summed E-state index contributed by atoms with van der Waals surface area (Å²) in [5.41, 5.74) is 1.91. The number of aliphatic hydroxyl groups excluding tert-OH is 1. The molecule has 6 heteroatoms. The Kier molecular flexibility index (Phi) is 6.30. The predicted molar refractivity (Wildman–Crippen MR) is 108 cm³/mol. The lowest BCUT2D eigenvalue weighted by atomic mass is 10.1. The van der Waals surface area contributed by atoms with Gasteiger partial charge in [-0.3, -0.25) is 9.89 Å². The van der Waals surface area contributed by atoms with Crippen LogP contribution in [0, 0.1) is 0 Å². The van der Waals surface area contributed by atoms with Crippen molar-refractivity contribution < 1.29 is 5.11 Å². The molecule has 0 unspecified atom stereocenters. The maximum absolute atomic E-state index is 9.15. The molecule has 0 amide bonds. The Morgan fingerprint density at radius 3 is 2.65 bits per heavy atom. The number of para-hydroxylation sites is 1. The molecule has 0 aliphatic carbocycles. The topological polar surface area (TPSA) is 64.9 Å². The van der Waals surface area contributed by atoms with Gasteiger partial charge in [-0.2, -0.15) is 0 Å². The minimum Gasteiger partial charge on any atom is -0.395 e. The normalized spacial score (nSPS) is 16.7. The van der Waals surface area contributed by atoms with Crippen molar-refractivity contribution in [2.75, 3.05) is 51.3 Å². The minimum absolute atomic E-state index is 0.210. The smallest absolute Gasteiger partial charge is 0.163 e. The molecule has 26 heavy (non-hydrogen) atoms. The molecule has 1 aromatic carbocycles. The number of rotatable bonds is 6. The van der Waals surface area contributed by atoms with Gasteiger partial charge in [-0.05, 0) is 18.6 Å². The summed E-state index contributed by atoms with van der Waals surface area (Å²) in [4.78, 5) is 18.5. The molecule has 0 radical (unpaired) electrons. The molecule has 1 aromatic heterocycles. The van der Waals surface area contributed by atoms with Gasteiger partial charge in [0.25, 0.3) is 0 Å². The first-order chi connectivity index (χ1) is 12.8. The second-order valence-electron chi connectivity index (χ2n) is 6.40. The lowest BCUT2D eigenvalue weighted by Crippen LogP contribution is -2.47. The van der Waals surface area contributed by atoms with Gasteiger partial charge in [0, 0.05) is 56.9 Å². The first-order valence-electron chi connectivity index (χ1n) is 9.24. The van der Waals surface area contributed by atoms with Crippen LogP contribution in [0.4, 0.5) is 5.82 Å². The molecule has 1 aliphatic rings. The van der Waals surface area contributed by atoms with Crippen LogP contribution >= 0.6 is 0 Å². The summed E-state index contributed by atoms with van der Waals surface area (Å²) in [5, 5.41) is 10.2. The zero-order valence-electron chi connectivity index (χ0n) is 15.6. The van der Waals surface area contributed by atoms with Gasteiger partial charge < -0.3 is 10.0 Å². The molecule has 1 N–H and O–H groups in total. The number of hydrogen-bond donors (Lipinski definition) is 1. The number of anilines is 1. The SMILES string of the molecule is CC/C=C(\C=NC)c1nc(N2CCN(CCO)CC2)c2ccccc2n1. The number of allylic oxidation sites excluding steroid dienone is 2. The first kappa shape index (κ1) is 18.5. The third-order valence-corrected chi connectivity index (χ3v) is 4.62. The fourth-order valence-electron chi connectivity index (χ4n) is 3.32. The number of nitrogens with zero attached hydrogens (tertiary/aromatic N) is 5. The molecule has 0 bridgehead atoms. The molecular formula is C20H27N5O. The first-order valence-corrected chi connectivity index (χ1v) is 9.24. The van der Waals surface area contributed by atoms with Gasteiger partial charge in [-0.1, -0.05) is 25.1 Å². The van der Waals surface area contributed by atoms with Gasteiger partial charge in [-0.25, -0.2) is 9.97 Å². The van der Waals surface area contributed by atoms with Gasteiger partial charge in [0.15, 0.2) is 5.82 Å². The van der Waals surface area contributed by atoms with E-state index in [2.05, 4.69) is 33.9 Å². The molecule has 3 rings (SSSR count). The summed E-state index contributed by atoms with van der Waals surface area (Å²) in [6.07, 6.45) is 4.85. The molecule has 0 spiro atoms. The van der Waals surface area contributed by atoms with Crippen molar-refractivity contribution in [1.82, 2.24) is 14.9 Å². The van der Waals surface area contributed by atoms with E-state index in [9.17, 15) is 0 Å². The van der Waals surface area contributed by atoms with Crippen LogP contribution in [0.25, 0.3) is 16.5 Å². The lowest BCUT2D eigenvalue weighted by Gasteiger charge is -2.35. The molecule has 138 valence electrons. The summed E-state index contributed by atoms with van der Waals surface area (Å²) in [6, 6.07) is 8.18. The molecule has 2 heterocycles. The second-order valence-corrected chi connectivity index (χ2v) is 6.40. The van der Waals surface area contributed by atoms with Crippen molar-refractivity contribution in [2.24, 2.45) is 4.99 Å². The number of aromatic nitrogens is 2. The maximum Gasteiger partial charge on any atom is 0.163 e. The Morgan fingerprint density at radius 1 is 1.19 bits per heavy atom. The van der Waals surface area contributed by atoms with E-state index in [1.807, 2.05) is 24.4 Å². The highest BCUT2D eigenvalue weighted by atomic mass is 16.3. The summed E-state index contributed by atoms with van der Waals surface area (Å²) < 4.78 is 0. The highest BCUT2D eigenvalue weighted by Crippen LogP contribution is 2.26. The van der Waals surface area contributed by atoms with E-state index in [1.54, 1.807) is 7.05 Å². The van der Waals surface area contributed by atoms with Crippen molar-refractivity contribution in [3.05, 3.63) is 36.2 Å². The third kappa shape index (κ3) is 4.08. The standard InChI is InChI=1S/C20H27N5O/c1-3-6-16(15-21-2)19-22-18-8-5-4-7-17(18)20(23-19)25-11-9-24(10-12-25)13-14-26/h4-8,15,26H,3,9-14H2,1-2H3/b16-6+,21-15?. The molecule has 1 saturated heterocycles. The number of fused-ring (bicyclic) bond motifs is 1. The molecular weight excluding hydrogens is 326 g/mol. The number of hydrogen-bond acceptors (Lipinski definition) is 6. The number of benzene rings is 1. The van der Waals surface area contributed by atoms with Crippen molar-refractivity contribution in [2.45, 2.75) is 13.3 Å². The Labute approximate surface area is 154 Å². The zero-order valence-corrected chi connectivity index (χ0v) is 15.6. The number of aliphatic hydroxyl groups is 1. The van der Waals surface area contributed by atoms with Crippen LogP contribution < -0.4 is 4.90 Å². The molecule has 0 atom stereocenters. The highest BCUT2D eigenvalue weighted by Gasteiger charge is 2.21. The monoisotopic (exact) mass is 353 g/mol. The summed E-state index contributed by atoms with van der Waals surface area (Å²) in [6.45, 7) is 6.71. The number of piperazine rings is 1. The summed E-state index contributed by atoms with van der Waals surface area (Å²) in [7, 11) is 1.77. The zero-order chi connectivity index (χ0) is 18.4. The van der Waals surface area contributed by atoms with Crippen molar-refractivity contribution in [3.8, 4) is 0 Å². The molecule has 0 saturated carbocycles. The quantitative estimate of drug-likeness (QED) is 0.807. The van der Waals surface area contributed by atoms with Gasteiger partial charge in [0.2, 0.25) is 0 Å². The Morgan fingerprint density at radius 2 is 1.96 bits per heavy atom. The minimum atomic E-state index is 0.210. The fraction of sp³-hybridized carbons (Fsp3) is 0.450. The van der Waals surface area contributed by atoms with Crippen molar-refractivity contribution in [3.63, 3.8) is 0 Å². The molecule has 2 aromatic rings. The van der Waals surface area contributed by atoms with E-state index in [4.69, 9.17) is 15.1 Å². The average Bonchev–Trinajstić information content (AvgIpc) is 2.68. The van der Waals surface area contributed by atoms with Crippen LogP contribution in [-0.2, 0) is 0 Å². The van der Waals surface area contributed by atoms with E-state index in [0.717, 1.165) is 67.3 Å². The maximum atomic E-state index is 9.15. The Balaban J connectivity index is 2.00. The third-order valence-electron chi connectivity index (χ3n) is 4.62. The Hall–Kier alpha value is -2.31. The van der Waals surface area contributed by atoms with Gasteiger partial charge in [0.1, 0.15) is 5.82 Å². The van der Waals surface area contributed by atoms with E-state index in [0.29, 0.717) is 0 Å². The van der Waals surface area contributed by atoms with E-state index in [1.165, 1.54) is 0 Å². The van der Waals surface area contributed by atoms with E-state index in [-0.39, 0.29) is 6.61 Å². The van der Waals surface area contributed by atoms with Crippen molar-refractivity contribution >= 4 is 28.5 Å². The predicted octanol–water partition coefficient (Wildman–Crippen LogP) is 2.24. The van der Waals surface area contributed by atoms with Crippen LogP contribution in [0.2, 0.25) is 0 Å². The van der Waals surface area contributed by atoms with Gasteiger partial charge in [0.05, 0.1) is 12.1 Å². The fourth-order valence-corrected chi connectivity index (χ4v) is 3.32. The van der Waals surface area contributed by atoms with E-state index >= 15 is 0 Å². The molecule has 1 fully saturated rings. The van der Waals surface area contributed by atoms with E-state index < -0.39 is 0 Å². The van der Waals surface area contributed by atoms with Gasteiger partial charge >= 0.3 is 0 Å². The summed E-state index contributed by atoms with van der Waals surface area (Å²) >= 11 is 0. The van der Waals surface area contributed by atoms with Crippen LogP contribution in [0.3, 0.4) is 0 Å². The second kappa shape index (κ2) is 8.87. The molecule has 6 nitrogen and oxygen atoms in total. The van der Waals surface area contributed by atoms with Crippen LogP contribution in [0.15, 0.2) is 35.3 Å². The molecule has 1 aliphatic heterocycles. The van der Waals surface area contributed by atoms with Crippen LogP contribution in [0.1, 0.15) is 19.2 Å². The lowest BCUT2D eigenvalue weighted by molar-refractivity contribution is 0.188. The van der Waals surface area contributed by atoms with Crippen LogP contribution in [0.5, 0.6) is 0 Å².